The van der Waals surface area contributed by atoms with Crippen LogP contribution in [-0.4, -0.2) is 34.4 Å². The van der Waals surface area contributed by atoms with Gasteiger partial charge in [0, 0.05) is 23.7 Å². The molecule has 0 unspecified atom stereocenters. The largest absolute Gasteiger partial charge is 0.466 e. The normalized spacial score (nSPS) is 11.9. The van der Waals surface area contributed by atoms with Gasteiger partial charge in [-0.05, 0) is 48.4 Å². The number of benzene rings is 2. The number of nitrogens with zero attached hydrogens (tertiary/aromatic N) is 2. The van der Waals surface area contributed by atoms with Crippen molar-refractivity contribution in [1.29, 1.82) is 0 Å². The van der Waals surface area contributed by atoms with E-state index in [1.807, 2.05) is 29.7 Å². The first-order valence-electron chi connectivity index (χ1n) is 9.40. The lowest BCUT2D eigenvalue weighted by Gasteiger charge is -2.03. The van der Waals surface area contributed by atoms with Crippen LogP contribution in [0, 0.1) is 0 Å². The van der Waals surface area contributed by atoms with Crippen molar-refractivity contribution in [3.8, 4) is 0 Å². The van der Waals surface area contributed by atoms with E-state index in [0.29, 0.717) is 12.2 Å². The third-order valence-corrected chi connectivity index (χ3v) is 4.48. The van der Waals surface area contributed by atoms with Crippen LogP contribution in [0.4, 0.5) is 0 Å². The average Bonchev–Trinajstić information content (AvgIpc) is 3.08. The molecule has 3 rings (SSSR count). The Bertz CT molecular complexity index is 1220. The smallest absolute Gasteiger partial charge is 0.330 e. The fourth-order valence-electron chi connectivity index (χ4n) is 3.03. The van der Waals surface area contributed by atoms with Crippen LogP contribution in [-0.2, 0) is 16.1 Å². The number of rotatable bonds is 6. The molecule has 2 amide bonds. The number of ether oxygens (including phenoxy) is 1. The van der Waals surface area contributed by atoms with Crippen LogP contribution in [0.5, 0.6) is 0 Å². The monoisotopic (exact) mass is 406 g/mol. The highest BCUT2D eigenvalue weighted by Gasteiger charge is 2.10. The Morgan fingerprint density at radius 3 is 2.63 bits per heavy atom. The third kappa shape index (κ3) is 4.54. The van der Waals surface area contributed by atoms with Crippen molar-refractivity contribution in [2.75, 3.05) is 7.11 Å². The number of imidazole rings is 1. The van der Waals surface area contributed by atoms with E-state index in [1.165, 1.54) is 19.3 Å². The Hall–Kier alpha value is -3.94. The van der Waals surface area contributed by atoms with Crippen LogP contribution >= 0.6 is 0 Å². The number of hydrogen-bond acceptors (Lipinski definition) is 4. The van der Waals surface area contributed by atoms with E-state index in [0.717, 1.165) is 23.0 Å². The third-order valence-electron chi connectivity index (χ3n) is 4.48. The molecule has 0 aliphatic carbocycles. The highest BCUT2D eigenvalue weighted by Crippen LogP contribution is 2.15. The SMILES string of the molecule is CCCn1/c(=N/C(=O)c2cccc(C(N)=O)c2)[nH]c2cc(/C=C/C(=O)OC)ccc21. The Labute approximate surface area is 172 Å². The van der Waals surface area contributed by atoms with Crippen molar-refractivity contribution >= 4 is 34.9 Å². The summed E-state index contributed by atoms with van der Waals surface area (Å²) in [5, 5.41) is 0. The van der Waals surface area contributed by atoms with Crippen LogP contribution in [0.15, 0.2) is 53.5 Å². The summed E-state index contributed by atoms with van der Waals surface area (Å²) in [7, 11) is 1.32. The van der Waals surface area contributed by atoms with Gasteiger partial charge in [0.15, 0.2) is 0 Å². The molecule has 0 saturated carbocycles. The van der Waals surface area contributed by atoms with Crippen LogP contribution < -0.4 is 11.4 Å². The summed E-state index contributed by atoms with van der Waals surface area (Å²) in [4.78, 5) is 42.8. The highest BCUT2D eigenvalue weighted by atomic mass is 16.5. The minimum atomic E-state index is -0.608. The maximum absolute atomic E-state index is 12.7. The van der Waals surface area contributed by atoms with Gasteiger partial charge in [0.1, 0.15) is 0 Å². The molecule has 154 valence electrons. The van der Waals surface area contributed by atoms with E-state index >= 15 is 0 Å². The zero-order valence-corrected chi connectivity index (χ0v) is 16.7. The van der Waals surface area contributed by atoms with Gasteiger partial charge in [0.2, 0.25) is 11.5 Å². The molecule has 3 N–H and O–H groups in total. The van der Waals surface area contributed by atoms with Gasteiger partial charge >= 0.3 is 5.97 Å². The van der Waals surface area contributed by atoms with E-state index in [-0.39, 0.29) is 11.1 Å². The van der Waals surface area contributed by atoms with Crippen molar-refractivity contribution in [1.82, 2.24) is 9.55 Å². The van der Waals surface area contributed by atoms with Crippen molar-refractivity contribution in [3.63, 3.8) is 0 Å². The number of nitrogens with one attached hydrogen (secondary N) is 1. The topological polar surface area (TPSA) is 120 Å². The summed E-state index contributed by atoms with van der Waals surface area (Å²) in [6, 6.07) is 11.8. The number of carbonyl (C=O) groups excluding carboxylic acids is 3. The summed E-state index contributed by atoms with van der Waals surface area (Å²) in [6.07, 6.45) is 3.83. The minimum Gasteiger partial charge on any atom is -0.466 e. The maximum Gasteiger partial charge on any atom is 0.330 e. The van der Waals surface area contributed by atoms with Crippen LogP contribution in [0.2, 0.25) is 0 Å². The second-order valence-electron chi connectivity index (χ2n) is 6.60. The lowest BCUT2D eigenvalue weighted by Crippen LogP contribution is -2.21. The molecular weight excluding hydrogens is 384 g/mol. The molecule has 0 spiro atoms. The number of amides is 2. The summed E-state index contributed by atoms with van der Waals surface area (Å²) in [6.45, 7) is 2.69. The van der Waals surface area contributed by atoms with Crippen molar-refractivity contribution < 1.29 is 19.1 Å². The molecule has 0 bridgehead atoms. The van der Waals surface area contributed by atoms with Crippen molar-refractivity contribution in [2.24, 2.45) is 10.7 Å². The summed E-state index contributed by atoms with van der Waals surface area (Å²) < 4.78 is 6.52. The van der Waals surface area contributed by atoms with E-state index in [2.05, 4.69) is 14.7 Å². The fourth-order valence-corrected chi connectivity index (χ4v) is 3.03. The quantitative estimate of drug-likeness (QED) is 0.482. The van der Waals surface area contributed by atoms with Gasteiger partial charge in [-0.15, -0.1) is 0 Å². The Morgan fingerprint density at radius 2 is 1.93 bits per heavy atom. The zero-order chi connectivity index (χ0) is 21.7. The molecule has 0 aliphatic rings. The van der Waals surface area contributed by atoms with Gasteiger partial charge < -0.3 is 20.0 Å². The Kier molecular flexibility index (Phi) is 6.26. The standard InChI is InChI=1S/C22H22N4O4/c1-3-11-26-18-9-7-14(8-10-19(27)30-2)12-17(18)24-22(26)25-21(29)16-6-4-5-15(13-16)20(23)28/h4-10,12-13H,3,11H2,1-2H3,(H2,23,28)(H,24,25,29)/b10-8+. The number of aromatic nitrogens is 2. The first kappa shape index (κ1) is 20.8. The van der Waals surface area contributed by atoms with Crippen LogP contribution in [0.3, 0.4) is 0 Å². The van der Waals surface area contributed by atoms with Gasteiger partial charge in [-0.2, -0.15) is 4.99 Å². The average molecular weight is 406 g/mol. The molecule has 1 aromatic heterocycles. The van der Waals surface area contributed by atoms with Crippen molar-refractivity contribution in [2.45, 2.75) is 19.9 Å². The lowest BCUT2D eigenvalue weighted by atomic mass is 10.1. The maximum atomic E-state index is 12.7. The lowest BCUT2D eigenvalue weighted by molar-refractivity contribution is -0.134. The molecule has 8 nitrogen and oxygen atoms in total. The van der Waals surface area contributed by atoms with E-state index in [9.17, 15) is 14.4 Å². The van der Waals surface area contributed by atoms with E-state index in [4.69, 9.17) is 5.73 Å². The number of nitrogens with two attached hydrogens (primary N) is 1. The number of hydrogen-bond donors (Lipinski definition) is 2. The molecule has 3 aromatic rings. The number of aryl methyl sites for hydroxylation is 1. The van der Waals surface area contributed by atoms with Gasteiger partial charge in [0.05, 0.1) is 18.1 Å². The van der Waals surface area contributed by atoms with E-state index < -0.39 is 17.8 Å². The molecule has 0 fully saturated rings. The Morgan fingerprint density at radius 1 is 1.17 bits per heavy atom. The predicted octanol–water partition coefficient (Wildman–Crippen LogP) is 2.41. The summed E-state index contributed by atoms with van der Waals surface area (Å²) in [5.74, 6) is -1.54. The molecule has 0 saturated heterocycles. The molecule has 0 radical (unpaired) electrons. The summed E-state index contributed by atoms with van der Waals surface area (Å²) >= 11 is 0. The van der Waals surface area contributed by atoms with E-state index in [1.54, 1.807) is 24.3 Å². The molecule has 0 atom stereocenters. The predicted molar refractivity (Wildman–Crippen MR) is 112 cm³/mol. The number of fused-ring (bicyclic) bond motifs is 1. The second kappa shape index (κ2) is 9.04. The molecule has 30 heavy (non-hydrogen) atoms. The molecule has 1 heterocycles. The van der Waals surface area contributed by atoms with Crippen LogP contribution in [0.1, 0.15) is 39.6 Å². The van der Waals surface area contributed by atoms with Gasteiger partial charge in [-0.25, -0.2) is 4.79 Å². The Balaban J connectivity index is 2.05. The highest BCUT2D eigenvalue weighted by molar-refractivity contribution is 5.99. The molecule has 0 aliphatic heterocycles. The number of carbonyl (C=O) groups is 3. The van der Waals surface area contributed by atoms with Gasteiger partial charge in [-0.3, -0.25) is 9.59 Å². The fraction of sp³-hybridized carbons (Fsp3) is 0.182. The number of esters is 1. The number of primary amides is 1. The number of aromatic amines is 1. The molecule has 8 heteroatoms. The second-order valence-corrected chi connectivity index (χ2v) is 6.60. The minimum absolute atomic E-state index is 0.246. The summed E-state index contributed by atoms with van der Waals surface area (Å²) in [5.41, 5.74) is 8.66. The van der Waals surface area contributed by atoms with Crippen molar-refractivity contribution in [3.05, 3.63) is 70.8 Å². The first-order chi connectivity index (χ1) is 14.4. The number of H-pyrrole nitrogens is 1. The number of methoxy groups -OCH3 is 1. The first-order valence-corrected chi connectivity index (χ1v) is 9.40. The van der Waals surface area contributed by atoms with Gasteiger partial charge in [-0.1, -0.05) is 19.1 Å². The molecule has 2 aromatic carbocycles. The zero-order valence-electron chi connectivity index (χ0n) is 16.7. The van der Waals surface area contributed by atoms with Crippen LogP contribution in [0.25, 0.3) is 17.1 Å². The van der Waals surface area contributed by atoms with Gasteiger partial charge in [0.25, 0.3) is 5.91 Å². The molecular formula is C22H22N4O4.